The topological polar surface area (TPSA) is 39.2 Å². The fourth-order valence-corrected chi connectivity index (χ4v) is 2.61. The molecule has 4 heteroatoms. The molecule has 1 aliphatic rings. The molecule has 0 N–H and O–H groups in total. The third-order valence-electron chi connectivity index (χ3n) is 3.55. The predicted octanol–water partition coefficient (Wildman–Crippen LogP) is 4.04. The fourth-order valence-electron chi connectivity index (χ4n) is 2.61. The zero-order valence-electron chi connectivity index (χ0n) is 12.2. The number of rotatable bonds is 1. The highest BCUT2D eigenvalue weighted by Crippen LogP contribution is 2.31. The predicted molar refractivity (Wildman–Crippen MR) is 87.9 cm³/mol. The molecule has 0 fully saturated rings. The highest BCUT2D eigenvalue weighted by Gasteiger charge is 2.17. The lowest BCUT2D eigenvalue weighted by Gasteiger charge is -2.09. The summed E-state index contributed by atoms with van der Waals surface area (Å²) in [5.41, 5.74) is 5.18. The normalized spacial score (nSPS) is 12.1. The zero-order valence-corrected chi connectivity index (χ0v) is 13.8. The van der Waals surface area contributed by atoms with Crippen molar-refractivity contribution in [1.82, 2.24) is 4.98 Å². The second-order valence-electron chi connectivity index (χ2n) is 4.73. The number of aryl methyl sites for hydroxylation is 2. The van der Waals surface area contributed by atoms with Crippen LogP contribution in [0, 0.1) is 0 Å². The Bertz CT molecular complexity index is 640. The van der Waals surface area contributed by atoms with Gasteiger partial charge in [0.25, 0.3) is 0 Å². The van der Waals surface area contributed by atoms with Gasteiger partial charge in [0.1, 0.15) is 0 Å². The molecule has 3 rings (SSSR count). The Morgan fingerprint density at radius 1 is 1.19 bits per heavy atom. The number of carbonyl (C=O) groups excluding carboxylic acids is 1. The summed E-state index contributed by atoms with van der Waals surface area (Å²) in [5, 5.41) is 0. The van der Waals surface area contributed by atoms with Gasteiger partial charge in [0, 0.05) is 11.8 Å². The van der Waals surface area contributed by atoms with Gasteiger partial charge in [0.2, 0.25) is 0 Å². The summed E-state index contributed by atoms with van der Waals surface area (Å²) in [6.45, 7) is 0. The SMILES string of the molecule is CBr.COC(=O)c1cnc2c(c1)CCCc1ccccc1-2. The van der Waals surface area contributed by atoms with E-state index in [9.17, 15) is 4.79 Å². The number of aromatic nitrogens is 1. The first kappa shape index (κ1) is 15.7. The number of carbonyl (C=O) groups is 1. The Balaban J connectivity index is 0.000000774. The van der Waals surface area contributed by atoms with Gasteiger partial charge in [-0.2, -0.15) is 0 Å². The van der Waals surface area contributed by atoms with Gasteiger partial charge in [-0.25, -0.2) is 4.79 Å². The van der Waals surface area contributed by atoms with Crippen molar-refractivity contribution in [3.05, 3.63) is 53.2 Å². The van der Waals surface area contributed by atoms with Crippen LogP contribution < -0.4 is 0 Å². The molecule has 0 radical (unpaired) electrons. The van der Waals surface area contributed by atoms with Crippen LogP contribution >= 0.6 is 15.9 Å². The quantitative estimate of drug-likeness (QED) is 0.577. The average Bonchev–Trinajstić information content (AvgIpc) is 2.74. The summed E-state index contributed by atoms with van der Waals surface area (Å²) < 4.78 is 4.75. The van der Waals surface area contributed by atoms with E-state index in [1.807, 2.05) is 18.0 Å². The number of hydrogen-bond acceptors (Lipinski definition) is 3. The molecule has 110 valence electrons. The Hall–Kier alpha value is -1.68. The number of halogens is 1. The van der Waals surface area contributed by atoms with Crippen LogP contribution in [0.4, 0.5) is 0 Å². The van der Waals surface area contributed by atoms with Gasteiger partial charge in [-0.05, 0) is 42.3 Å². The van der Waals surface area contributed by atoms with Crippen molar-refractivity contribution in [2.75, 3.05) is 12.9 Å². The number of esters is 1. The maximum atomic E-state index is 11.6. The number of nitrogens with zero attached hydrogens (tertiary/aromatic N) is 1. The summed E-state index contributed by atoms with van der Waals surface area (Å²) in [6.07, 6.45) is 4.69. The number of fused-ring (bicyclic) bond motifs is 3. The molecule has 1 aromatic heterocycles. The van der Waals surface area contributed by atoms with Crippen molar-refractivity contribution in [3.63, 3.8) is 0 Å². The van der Waals surface area contributed by atoms with Gasteiger partial charge in [-0.3, -0.25) is 4.98 Å². The molecule has 1 aliphatic carbocycles. The molecule has 0 amide bonds. The minimum absolute atomic E-state index is 0.326. The monoisotopic (exact) mass is 347 g/mol. The number of benzene rings is 1. The second-order valence-corrected chi connectivity index (χ2v) is 4.73. The minimum Gasteiger partial charge on any atom is -0.465 e. The molecule has 0 spiro atoms. The van der Waals surface area contributed by atoms with Gasteiger partial charge in [0.05, 0.1) is 18.4 Å². The second kappa shape index (κ2) is 7.36. The minimum atomic E-state index is -0.326. The van der Waals surface area contributed by atoms with Crippen molar-refractivity contribution in [1.29, 1.82) is 0 Å². The van der Waals surface area contributed by atoms with Crippen molar-refractivity contribution in [2.24, 2.45) is 0 Å². The molecule has 1 heterocycles. The van der Waals surface area contributed by atoms with Crippen LogP contribution in [-0.4, -0.2) is 23.9 Å². The molecule has 0 atom stereocenters. The highest BCUT2D eigenvalue weighted by atomic mass is 79.9. The molecule has 0 saturated carbocycles. The van der Waals surface area contributed by atoms with E-state index >= 15 is 0 Å². The van der Waals surface area contributed by atoms with Crippen LogP contribution in [0.2, 0.25) is 0 Å². The van der Waals surface area contributed by atoms with Crippen LogP contribution in [0.3, 0.4) is 0 Å². The van der Waals surface area contributed by atoms with E-state index in [2.05, 4.69) is 39.1 Å². The van der Waals surface area contributed by atoms with Gasteiger partial charge in [0.15, 0.2) is 0 Å². The fraction of sp³-hybridized carbons (Fsp3) is 0.294. The van der Waals surface area contributed by atoms with E-state index in [1.54, 1.807) is 6.20 Å². The molecule has 2 aromatic rings. The number of alkyl halides is 1. The average molecular weight is 348 g/mol. The molecule has 0 unspecified atom stereocenters. The summed E-state index contributed by atoms with van der Waals surface area (Å²) in [5.74, 6) is 1.49. The molecular formula is C17H18BrNO2. The third-order valence-corrected chi connectivity index (χ3v) is 3.55. The largest absolute Gasteiger partial charge is 0.465 e. The Kier molecular flexibility index (Phi) is 5.51. The van der Waals surface area contributed by atoms with Crippen LogP contribution in [0.25, 0.3) is 11.3 Å². The Morgan fingerprint density at radius 2 is 1.90 bits per heavy atom. The number of pyridine rings is 1. The van der Waals surface area contributed by atoms with E-state index in [0.29, 0.717) is 5.56 Å². The standard InChI is InChI=1S/C16H15NO2.CH3Br/c1-19-16(18)13-9-12-7-4-6-11-5-2-3-8-14(11)15(12)17-10-13;1-2/h2-3,5,8-10H,4,6-7H2,1H3;1H3. The highest BCUT2D eigenvalue weighted by molar-refractivity contribution is 9.08. The zero-order chi connectivity index (χ0) is 15.2. The van der Waals surface area contributed by atoms with Crippen molar-refractivity contribution < 1.29 is 9.53 Å². The molecule has 0 saturated heterocycles. The summed E-state index contributed by atoms with van der Waals surface area (Å²) >= 11 is 2.94. The smallest absolute Gasteiger partial charge is 0.339 e. The van der Waals surface area contributed by atoms with Crippen LogP contribution in [0.15, 0.2) is 36.5 Å². The maximum absolute atomic E-state index is 11.6. The van der Waals surface area contributed by atoms with E-state index in [-0.39, 0.29) is 5.97 Å². The van der Waals surface area contributed by atoms with Gasteiger partial charge < -0.3 is 4.74 Å². The Morgan fingerprint density at radius 3 is 2.67 bits per heavy atom. The van der Waals surface area contributed by atoms with E-state index in [4.69, 9.17) is 4.74 Å². The molecule has 0 aliphatic heterocycles. The van der Waals surface area contributed by atoms with Gasteiger partial charge in [-0.15, -0.1) is 0 Å². The number of ether oxygens (including phenoxy) is 1. The Labute approximate surface area is 133 Å². The molecule has 1 aromatic carbocycles. The van der Waals surface area contributed by atoms with Crippen molar-refractivity contribution in [3.8, 4) is 11.3 Å². The third kappa shape index (κ3) is 3.32. The van der Waals surface area contributed by atoms with Crippen LogP contribution in [-0.2, 0) is 17.6 Å². The number of hydrogen-bond donors (Lipinski definition) is 0. The van der Waals surface area contributed by atoms with E-state index in [0.717, 1.165) is 30.5 Å². The first-order chi connectivity index (χ1) is 10.3. The summed E-state index contributed by atoms with van der Waals surface area (Å²) in [6, 6.07) is 10.3. The molecule has 0 bridgehead atoms. The van der Waals surface area contributed by atoms with Gasteiger partial charge >= 0.3 is 5.97 Å². The number of methoxy groups -OCH3 is 1. The van der Waals surface area contributed by atoms with Gasteiger partial charge in [-0.1, -0.05) is 40.2 Å². The lowest BCUT2D eigenvalue weighted by Crippen LogP contribution is -2.04. The van der Waals surface area contributed by atoms with Crippen molar-refractivity contribution in [2.45, 2.75) is 19.3 Å². The molecule has 21 heavy (non-hydrogen) atoms. The van der Waals surface area contributed by atoms with E-state index in [1.165, 1.54) is 18.2 Å². The lowest BCUT2D eigenvalue weighted by atomic mass is 10.0. The van der Waals surface area contributed by atoms with Crippen LogP contribution in [0.1, 0.15) is 27.9 Å². The summed E-state index contributed by atoms with van der Waals surface area (Å²) in [7, 11) is 1.39. The van der Waals surface area contributed by atoms with Crippen LogP contribution in [0.5, 0.6) is 0 Å². The first-order valence-electron chi connectivity index (χ1n) is 6.83. The molecule has 3 nitrogen and oxygen atoms in total. The lowest BCUT2D eigenvalue weighted by molar-refractivity contribution is 0.0600. The van der Waals surface area contributed by atoms with Crippen molar-refractivity contribution >= 4 is 21.9 Å². The maximum Gasteiger partial charge on any atom is 0.339 e. The first-order valence-corrected chi connectivity index (χ1v) is 8.41. The summed E-state index contributed by atoms with van der Waals surface area (Å²) in [4.78, 5) is 16.1. The van der Waals surface area contributed by atoms with E-state index < -0.39 is 0 Å². The molecular weight excluding hydrogens is 330 g/mol.